The van der Waals surface area contributed by atoms with Gasteiger partial charge >= 0.3 is 0 Å². The van der Waals surface area contributed by atoms with Crippen molar-refractivity contribution < 1.29 is 0 Å². The van der Waals surface area contributed by atoms with Gasteiger partial charge in [0.05, 0.1) is 11.6 Å². The molecule has 0 saturated heterocycles. The molecule has 17 heavy (non-hydrogen) atoms. The highest BCUT2D eigenvalue weighted by Crippen LogP contribution is 2.18. The number of nitriles is 1. The Labute approximate surface area is 108 Å². The maximum Gasteiger partial charge on any atom is 0.0992 e. The Morgan fingerprint density at radius 3 is 2.82 bits per heavy atom. The van der Waals surface area contributed by atoms with Crippen LogP contribution in [0.25, 0.3) is 0 Å². The van der Waals surface area contributed by atoms with Crippen LogP contribution in [-0.4, -0.2) is 32.1 Å². The zero-order chi connectivity index (χ0) is 12.7. The molecule has 0 bridgehead atoms. The number of hydrogen-bond acceptors (Lipinski definition) is 3. The van der Waals surface area contributed by atoms with E-state index in [1.54, 1.807) is 6.07 Å². The highest BCUT2D eigenvalue weighted by atomic mass is 35.5. The molecule has 4 heteroatoms. The minimum Gasteiger partial charge on any atom is -0.320 e. The molecule has 1 N–H and O–H groups in total. The monoisotopic (exact) mass is 251 g/mol. The predicted octanol–water partition coefficient (Wildman–Crippen LogP) is 2.25. The molecule has 0 fully saturated rings. The Morgan fingerprint density at radius 2 is 2.24 bits per heavy atom. The van der Waals surface area contributed by atoms with Gasteiger partial charge < -0.3 is 10.2 Å². The van der Waals surface area contributed by atoms with Crippen LogP contribution in [0.3, 0.4) is 0 Å². The molecule has 0 aliphatic carbocycles. The van der Waals surface area contributed by atoms with Gasteiger partial charge in [0, 0.05) is 11.6 Å². The Morgan fingerprint density at radius 1 is 1.47 bits per heavy atom. The van der Waals surface area contributed by atoms with Crippen LogP contribution in [0.15, 0.2) is 18.2 Å². The van der Waals surface area contributed by atoms with Crippen molar-refractivity contribution in [1.29, 1.82) is 5.26 Å². The average molecular weight is 252 g/mol. The molecular weight excluding hydrogens is 234 g/mol. The number of nitrogens with one attached hydrogen (secondary N) is 1. The molecule has 0 unspecified atom stereocenters. The first-order valence-corrected chi connectivity index (χ1v) is 6.07. The van der Waals surface area contributed by atoms with E-state index in [0.29, 0.717) is 10.6 Å². The van der Waals surface area contributed by atoms with Crippen molar-refractivity contribution in [2.45, 2.75) is 13.0 Å². The first-order chi connectivity index (χ1) is 8.17. The predicted molar refractivity (Wildman–Crippen MR) is 71.0 cm³/mol. The van der Waals surface area contributed by atoms with E-state index in [0.717, 1.165) is 31.6 Å². The summed E-state index contributed by atoms with van der Waals surface area (Å²) in [4.78, 5) is 2.23. The van der Waals surface area contributed by atoms with Crippen molar-refractivity contribution in [2.75, 3.05) is 27.2 Å². The van der Waals surface area contributed by atoms with Crippen LogP contribution in [0.1, 0.15) is 17.5 Å². The largest absolute Gasteiger partial charge is 0.320 e. The van der Waals surface area contributed by atoms with Gasteiger partial charge in [0.15, 0.2) is 0 Å². The third-order valence-electron chi connectivity index (χ3n) is 2.59. The first-order valence-electron chi connectivity index (χ1n) is 5.69. The summed E-state index contributed by atoms with van der Waals surface area (Å²) in [5.41, 5.74) is 1.68. The minimum absolute atomic E-state index is 0.608. The van der Waals surface area contributed by atoms with E-state index >= 15 is 0 Å². The molecule has 1 aromatic carbocycles. The Balaban J connectivity index is 2.54. The summed E-state index contributed by atoms with van der Waals surface area (Å²) in [5.74, 6) is 0. The van der Waals surface area contributed by atoms with Crippen LogP contribution < -0.4 is 5.32 Å². The zero-order valence-electron chi connectivity index (χ0n) is 10.3. The van der Waals surface area contributed by atoms with Crippen LogP contribution in [-0.2, 0) is 6.54 Å². The van der Waals surface area contributed by atoms with Crippen molar-refractivity contribution in [3.63, 3.8) is 0 Å². The average Bonchev–Trinajstić information content (AvgIpc) is 2.32. The summed E-state index contributed by atoms with van der Waals surface area (Å²) in [7, 11) is 4.03. The third-order valence-corrected chi connectivity index (χ3v) is 2.94. The van der Waals surface area contributed by atoms with Gasteiger partial charge in [-0.2, -0.15) is 5.26 Å². The number of rotatable bonds is 6. The lowest BCUT2D eigenvalue weighted by molar-refractivity contribution is 0.321. The number of nitrogens with zero attached hydrogens (tertiary/aromatic N) is 2. The second-order valence-electron chi connectivity index (χ2n) is 4.11. The van der Waals surface area contributed by atoms with Crippen LogP contribution >= 0.6 is 11.6 Å². The summed E-state index contributed by atoms with van der Waals surface area (Å²) in [6.07, 6.45) is 1.11. The quantitative estimate of drug-likeness (QED) is 0.789. The van der Waals surface area contributed by atoms with E-state index in [4.69, 9.17) is 16.9 Å². The number of hydrogen-bond donors (Lipinski definition) is 1. The van der Waals surface area contributed by atoms with E-state index in [1.165, 1.54) is 0 Å². The van der Waals surface area contributed by atoms with Gasteiger partial charge in [0.25, 0.3) is 0 Å². The van der Waals surface area contributed by atoms with E-state index in [-0.39, 0.29) is 0 Å². The van der Waals surface area contributed by atoms with Crippen LogP contribution in [0, 0.1) is 11.3 Å². The standard InChI is InChI=1S/C13H18ClN3/c1-16-6-3-7-17(2)10-12-5-4-11(9-15)8-13(12)14/h4-5,8,16H,3,6-7,10H2,1-2H3. The fraction of sp³-hybridized carbons (Fsp3) is 0.462. The lowest BCUT2D eigenvalue weighted by Gasteiger charge is -2.17. The van der Waals surface area contributed by atoms with Crippen molar-refractivity contribution in [1.82, 2.24) is 10.2 Å². The van der Waals surface area contributed by atoms with Gasteiger partial charge in [0.1, 0.15) is 0 Å². The van der Waals surface area contributed by atoms with Crippen molar-refractivity contribution >= 4 is 11.6 Å². The maximum atomic E-state index is 8.75. The van der Waals surface area contributed by atoms with Gasteiger partial charge in [-0.05, 0) is 51.3 Å². The topological polar surface area (TPSA) is 39.1 Å². The van der Waals surface area contributed by atoms with Gasteiger partial charge in [-0.15, -0.1) is 0 Å². The van der Waals surface area contributed by atoms with Crippen molar-refractivity contribution in [2.24, 2.45) is 0 Å². The Hall–Kier alpha value is -1.08. The molecule has 0 aromatic heterocycles. The van der Waals surface area contributed by atoms with E-state index in [2.05, 4.69) is 23.3 Å². The van der Waals surface area contributed by atoms with Crippen molar-refractivity contribution in [3.05, 3.63) is 34.3 Å². The normalized spacial score (nSPS) is 10.5. The number of benzene rings is 1. The van der Waals surface area contributed by atoms with Gasteiger partial charge in [0.2, 0.25) is 0 Å². The summed E-state index contributed by atoms with van der Waals surface area (Å²) in [6.45, 7) is 2.86. The second-order valence-corrected chi connectivity index (χ2v) is 4.52. The van der Waals surface area contributed by atoms with E-state index < -0.39 is 0 Å². The van der Waals surface area contributed by atoms with E-state index in [9.17, 15) is 0 Å². The molecule has 0 saturated carbocycles. The lowest BCUT2D eigenvalue weighted by Crippen LogP contribution is -2.22. The molecule has 0 radical (unpaired) electrons. The van der Waals surface area contributed by atoms with Crippen LogP contribution in [0.5, 0.6) is 0 Å². The SMILES string of the molecule is CNCCCN(C)Cc1ccc(C#N)cc1Cl. The first kappa shape index (κ1) is 14.0. The van der Waals surface area contributed by atoms with Crippen LogP contribution in [0.4, 0.5) is 0 Å². The molecule has 0 amide bonds. The summed E-state index contributed by atoms with van der Waals surface area (Å²) in [6, 6.07) is 7.54. The summed E-state index contributed by atoms with van der Waals surface area (Å²) < 4.78 is 0. The Bertz CT molecular complexity index is 398. The fourth-order valence-electron chi connectivity index (χ4n) is 1.64. The molecular formula is C13H18ClN3. The maximum absolute atomic E-state index is 8.75. The van der Waals surface area contributed by atoms with Gasteiger partial charge in [-0.1, -0.05) is 17.7 Å². The molecule has 0 heterocycles. The van der Waals surface area contributed by atoms with E-state index in [1.807, 2.05) is 19.2 Å². The highest BCUT2D eigenvalue weighted by molar-refractivity contribution is 6.31. The fourth-order valence-corrected chi connectivity index (χ4v) is 1.88. The summed E-state index contributed by atoms with van der Waals surface area (Å²) in [5, 5.41) is 12.5. The molecule has 1 aromatic rings. The molecule has 1 rings (SSSR count). The second kappa shape index (κ2) is 7.29. The van der Waals surface area contributed by atoms with Gasteiger partial charge in [-0.25, -0.2) is 0 Å². The third kappa shape index (κ3) is 4.74. The molecule has 0 aliphatic heterocycles. The molecule has 92 valence electrons. The smallest absolute Gasteiger partial charge is 0.0992 e. The summed E-state index contributed by atoms with van der Waals surface area (Å²) >= 11 is 6.12. The lowest BCUT2D eigenvalue weighted by atomic mass is 10.1. The molecule has 3 nitrogen and oxygen atoms in total. The van der Waals surface area contributed by atoms with Crippen LogP contribution in [0.2, 0.25) is 5.02 Å². The number of halogens is 1. The Kier molecular flexibility index (Phi) is 5.99. The molecule has 0 spiro atoms. The minimum atomic E-state index is 0.608. The van der Waals surface area contributed by atoms with Gasteiger partial charge in [-0.3, -0.25) is 0 Å². The highest BCUT2D eigenvalue weighted by Gasteiger charge is 2.05. The zero-order valence-corrected chi connectivity index (χ0v) is 11.1. The molecule has 0 atom stereocenters. The van der Waals surface area contributed by atoms with Crippen molar-refractivity contribution in [3.8, 4) is 6.07 Å². The molecule has 0 aliphatic rings.